The van der Waals surface area contributed by atoms with Crippen molar-refractivity contribution in [2.24, 2.45) is 5.73 Å². The van der Waals surface area contributed by atoms with Crippen molar-refractivity contribution in [1.29, 1.82) is 0 Å². The first-order valence-corrected chi connectivity index (χ1v) is 11.1. The molecule has 3 aromatic heterocycles. The number of anilines is 2. The SMILES string of the molecule is CC(C)Nc1cc(-c2ccc3cnc(N[C@@H]4CCCC[C@@H]4N)nn23)ncc1C(C)C. The molecule has 1 aliphatic carbocycles. The molecule has 0 saturated heterocycles. The van der Waals surface area contributed by atoms with Crippen molar-refractivity contribution in [3.8, 4) is 11.4 Å². The van der Waals surface area contributed by atoms with Crippen LogP contribution >= 0.6 is 0 Å². The zero-order valence-corrected chi connectivity index (χ0v) is 18.4. The number of pyridine rings is 1. The molecule has 3 heterocycles. The molecule has 4 N–H and O–H groups in total. The summed E-state index contributed by atoms with van der Waals surface area (Å²) in [5.74, 6) is 1.01. The number of rotatable bonds is 6. The monoisotopic (exact) mass is 407 g/mol. The van der Waals surface area contributed by atoms with Crippen LogP contribution in [0.25, 0.3) is 16.9 Å². The summed E-state index contributed by atoms with van der Waals surface area (Å²) in [5.41, 5.74) is 11.4. The predicted molar refractivity (Wildman–Crippen MR) is 123 cm³/mol. The van der Waals surface area contributed by atoms with Crippen LogP contribution in [0.15, 0.2) is 30.6 Å². The Morgan fingerprint density at radius 1 is 1.07 bits per heavy atom. The Hall–Kier alpha value is -2.67. The number of fused-ring (bicyclic) bond motifs is 1. The molecule has 1 saturated carbocycles. The summed E-state index contributed by atoms with van der Waals surface area (Å²) in [7, 11) is 0. The first kappa shape index (κ1) is 20.6. The van der Waals surface area contributed by atoms with E-state index < -0.39 is 0 Å². The lowest BCUT2D eigenvalue weighted by molar-refractivity contribution is 0.402. The van der Waals surface area contributed by atoms with E-state index in [1.807, 2.05) is 23.0 Å². The van der Waals surface area contributed by atoms with Crippen molar-refractivity contribution >= 4 is 17.2 Å². The van der Waals surface area contributed by atoms with Crippen molar-refractivity contribution in [3.63, 3.8) is 0 Å². The van der Waals surface area contributed by atoms with Crippen LogP contribution in [0, 0.1) is 0 Å². The van der Waals surface area contributed by atoms with E-state index in [0.29, 0.717) is 17.9 Å². The zero-order valence-electron chi connectivity index (χ0n) is 18.4. The van der Waals surface area contributed by atoms with Gasteiger partial charge >= 0.3 is 0 Å². The highest BCUT2D eigenvalue weighted by Gasteiger charge is 2.22. The van der Waals surface area contributed by atoms with Gasteiger partial charge in [0.1, 0.15) is 0 Å². The average Bonchev–Trinajstić information content (AvgIpc) is 3.12. The van der Waals surface area contributed by atoms with E-state index in [4.69, 9.17) is 15.8 Å². The number of hydrogen-bond acceptors (Lipinski definition) is 6. The molecule has 2 atom stereocenters. The molecule has 4 rings (SSSR count). The molecule has 0 aromatic carbocycles. The molecule has 1 fully saturated rings. The van der Waals surface area contributed by atoms with Gasteiger partial charge in [-0.2, -0.15) is 0 Å². The lowest BCUT2D eigenvalue weighted by Crippen LogP contribution is -2.43. The van der Waals surface area contributed by atoms with Crippen LogP contribution in [0.4, 0.5) is 11.6 Å². The van der Waals surface area contributed by atoms with Crippen molar-refractivity contribution in [2.45, 2.75) is 77.4 Å². The van der Waals surface area contributed by atoms with Crippen LogP contribution in [0.1, 0.15) is 64.9 Å². The van der Waals surface area contributed by atoms with E-state index in [-0.39, 0.29) is 12.1 Å². The van der Waals surface area contributed by atoms with Crippen LogP contribution in [0.5, 0.6) is 0 Å². The van der Waals surface area contributed by atoms with Crippen molar-refractivity contribution in [2.75, 3.05) is 10.6 Å². The Kier molecular flexibility index (Phi) is 5.90. The van der Waals surface area contributed by atoms with Crippen molar-refractivity contribution in [3.05, 3.63) is 36.2 Å². The second-order valence-corrected chi connectivity index (χ2v) is 8.95. The highest BCUT2D eigenvalue weighted by Crippen LogP contribution is 2.29. The maximum absolute atomic E-state index is 6.29. The predicted octanol–water partition coefficient (Wildman–Crippen LogP) is 4.42. The third-order valence-corrected chi connectivity index (χ3v) is 5.80. The molecule has 0 radical (unpaired) electrons. The average molecular weight is 408 g/mol. The number of nitrogens with two attached hydrogens (primary N) is 1. The molecule has 160 valence electrons. The molecule has 30 heavy (non-hydrogen) atoms. The topological polar surface area (TPSA) is 93.2 Å². The van der Waals surface area contributed by atoms with E-state index in [2.05, 4.69) is 55.4 Å². The van der Waals surface area contributed by atoms with Crippen molar-refractivity contribution in [1.82, 2.24) is 19.6 Å². The molecule has 3 aromatic rings. The Balaban J connectivity index is 1.68. The second-order valence-electron chi connectivity index (χ2n) is 8.95. The van der Waals surface area contributed by atoms with Crippen LogP contribution < -0.4 is 16.4 Å². The van der Waals surface area contributed by atoms with Gasteiger partial charge in [-0.15, -0.1) is 5.10 Å². The third kappa shape index (κ3) is 4.26. The lowest BCUT2D eigenvalue weighted by Gasteiger charge is -2.29. The van der Waals surface area contributed by atoms with Gasteiger partial charge in [0.15, 0.2) is 0 Å². The van der Waals surface area contributed by atoms with Crippen LogP contribution in [-0.2, 0) is 0 Å². The summed E-state index contributed by atoms with van der Waals surface area (Å²) in [4.78, 5) is 9.26. The van der Waals surface area contributed by atoms with Gasteiger partial charge in [-0.25, -0.2) is 9.50 Å². The molecular formula is C23H33N7. The minimum atomic E-state index is 0.150. The van der Waals surface area contributed by atoms with Gasteiger partial charge in [0.2, 0.25) is 5.95 Å². The highest BCUT2D eigenvalue weighted by molar-refractivity contribution is 5.68. The summed E-state index contributed by atoms with van der Waals surface area (Å²) in [6.07, 6.45) is 8.33. The van der Waals surface area contributed by atoms with Crippen molar-refractivity contribution < 1.29 is 0 Å². The number of nitrogens with one attached hydrogen (secondary N) is 2. The van der Waals surface area contributed by atoms with Crippen LogP contribution in [0.3, 0.4) is 0 Å². The smallest absolute Gasteiger partial charge is 0.241 e. The fourth-order valence-corrected chi connectivity index (χ4v) is 4.17. The summed E-state index contributed by atoms with van der Waals surface area (Å²) in [5, 5.41) is 11.8. The standard InChI is InChI=1S/C23H33N7/c1-14(2)17-13-25-21(11-20(17)27-15(3)4)22-10-9-16-12-26-23(29-30(16)22)28-19-8-6-5-7-18(19)24/h9-15,18-19H,5-8,24H2,1-4H3,(H,25,27)(H,28,29)/t18-,19+/m0/s1. The first-order valence-electron chi connectivity index (χ1n) is 11.1. The number of nitrogens with zero attached hydrogens (tertiary/aromatic N) is 4. The van der Waals surface area contributed by atoms with Gasteiger partial charge in [0, 0.05) is 30.0 Å². The van der Waals surface area contributed by atoms with E-state index in [1.54, 1.807) is 0 Å². The molecule has 0 spiro atoms. The Bertz CT molecular complexity index is 1010. The highest BCUT2D eigenvalue weighted by atomic mass is 15.3. The maximum atomic E-state index is 6.29. The molecular weight excluding hydrogens is 374 g/mol. The van der Waals surface area contributed by atoms with Crippen LogP contribution in [0.2, 0.25) is 0 Å². The van der Waals surface area contributed by atoms with Gasteiger partial charge in [-0.05, 0) is 56.4 Å². The fourth-order valence-electron chi connectivity index (χ4n) is 4.17. The lowest BCUT2D eigenvalue weighted by atomic mass is 9.91. The number of hydrogen-bond donors (Lipinski definition) is 3. The van der Waals surface area contributed by atoms with Gasteiger partial charge in [0.05, 0.1) is 23.1 Å². The van der Waals surface area contributed by atoms with Gasteiger partial charge in [-0.3, -0.25) is 4.98 Å². The summed E-state index contributed by atoms with van der Waals surface area (Å²) >= 11 is 0. The Morgan fingerprint density at radius 2 is 1.87 bits per heavy atom. The molecule has 0 bridgehead atoms. The molecule has 0 aliphatic heterocycles. The molecule has 7 heteroatoms. The minimum Gasteiger partial charge on any atom is -0.383 e. The quantitative estimate of drug-likeness (QED) is 0.560. The normalized spacial score (nSPS) is 19.6. The van der Waals surface area contributed by atoms with Gasteiger partial charge in [-0.1, -0.05) is 26.7 Å². The molecule has 1 aliphatic rings. The van der Waals surface area contributed by atoms with Gasteiger partial charge < -0.3 is 16.4 Å². The molecule has 0 unspecified atom stereocenters. The third-order valence-electron chi connectivity index (χ3n) is 5.80. The largest absolute Gasteiger partial charge is 0.383 e. The van der Waals surface area contributed by atoms with Crippen LogP contribution in [-0.4, -0.2) is 37.7 Å². The summed E-state index contributed by atoms with van der Waals surface area (Å²) in [6, 6.07) is 6.93. The Morgan fingerprint density at radius 3 is 2.60 bits per heavy atom. The molecule has 7 nitrogen and oxygen atoms in total. The number of aromatic nitrogens is 4. The first-order chi connectivity index (χ1) is 14.4. The van der Waals surface area contributed by atoms with E-state index >= 15 is 0 Å². The second kappa shape index (κ2) is 8.60. The fraction of sp³-hybridized carbons (Fsp3) is 0.522. The summed E-state index contributed by atoms with van der Waals surface area (Å²) in [6.45, 7) is 8.68. The maximum Gasteiger partial charge on any atom is 0.241 e. The zero-order chi connectivity index (χ0) is 21.3. The van der Waals surface area contributed by atoms with E-state index in [1.165, 1.54) is 18.4 Å². The minimum absolute atomic E-state index is 0.150. The summed E-state index contributed by atoms with van der Waals surface area (Å²) < 4.78 is 1.92. The van der Waals surface area contributed by atoms with E-state index in [9.17, 15) is 0 Å². The van der Waals surface area contributed by atoms with E-state index in [0.717, 1.165) is 35.4 Å². The van der Waals surface area contributed by atoms with Gasteiger partial charge in [0.25, 0.3) is 0 Å². The Labute approximate surface area is 178 Å². The molecule has 0 amide bonds.